The number of amides is 1. The van der Waals surface area contributed by atoms with Crippen LogP contribution in [0, 0.1) is 0 Å². The number of aryl methyl sites for hydroxylation is 1. The van der Waals surface area contributed by atoms with Crippen LogP contribution in [-0.2, 0) is 18.3 Å². The molecule has 1 aromatic rings. The van der Waals surface area contributed by atoms with Crippen LogP contribution in [0.3, 0.4) is 0 Å². The molecule has 9 nitrogen and oxygen atoms in total. The first kappa shape index (κ1) is 21.0. The molecule has 9 heteroatoms. The van der Waals surface area contributed by atoms with Gasteiger partial charge >= 0.3 is 6.09 Å². The summed E-state index contributed by atoms with van der Waals surface area (Å²) in [7, 11) is 3.68. The molecule has 0 radical (unpaired) electrons. The minimum absolute atomic E-state index is 0.222. The van der Waals surface area contributed by atoms with E-state index in [4.69, 9.17) is 4.74 Å². The van der Waals surface area contributed by atoms with Crippen LogP contribution in [0.15, 0.2) is 17.3 Å². The van der Waals surface area contributed by atoms with E-state index in [-0.39, 0.29) is 6.09 Å². The number of nitrogens with one attached hydrogen (secondary N) is 2. The Labute approximate surface area is 161 Å². The number of hydrogen-bond acceptors (Lipinski definition) is 5. The zero-order valence-electron chi connectivity index (χ0n) is 17.2. The molecule has 27 heavy (non-hydrogen) atoms. The molecule has 1 saturated heterocycles. The van der Waals surface area contributed by atoms with Crippen molar-refractivity contribution in [2.75, 3.05) is 46.3 Å². The van der Waals surface area contributed by atoms with E-state index >= 15 is 0 Å². The molecule has 0 spiro atoms. The highest BCUT2D eigenvalue weighted by atomic mass is 16.6. The average molecular weight is 380 g/mol. The number of carbonyl (C=O) groups excluding carboxylic acids is 1. The molecule has 1 aliphatic rings. The second-order valence-corrected chi connectivity index (χ2v) is 7.61. The molecule has 2 heterocycles. The summed E-state index contributed by atoms with van der Waals surface area (Å²) in [6.45, 7) is 11.1. The molecule has 1 aromatic heterocycles. The number of rotatable bonds is 5. The first-order valence-electron chi connectivity index (χ1n) is 9.40. The van der Waals surface area contributed by atoms with Crippen molar-refractivity contribution < 1.29 is 9.53 Å². The quantitative estimate of drug-likeness (QED) is 0.577. The number of aromatic nitrogens is 2. The van der Waals surface area contributed by atoms with E-state index in [2.05, 4.69) is 25.6 Å². The normalized spacial score (nSPS) is 16.3. The Morgan fingerprint density at radius 2 is 1.96 bits per heavy atom. The van der Waals surface area contributed by atoms with Crippen LogP contribution in [0.1, 0.15) is 26.5 Å². The third-order valence-corrected chi connectivity index (χ3v) is 4.33. The summed E-state index contributed by atoms with van der Waals surface area (Å²) >= 11 is 0. The van der Waals surface area contributed by atoms with Crippen molar-refractivity contribution in [2.45, 2.75) is 32.9 Å². The monoisotopic (exact) mass is 379 g/mol. The highest BCUT2D eigenvalue weighted by Crippen LogP contribution is 2.11. The van der Waals surface area contributed by atoms with Crippen molar-refractivity contribution in [3.63, 3.8) is 0 Å². The third kappa shape index (κ3) is 7.09. The number of hydrogen-bond donors (Lipinski definition) is 2. The molecule has 0 unspecified atom stereocenters. The lowest BCUT2D eigenvalue weighted by atomic mass is 10.2. The van der Waals surface area contributed by atoms with Crippen molar-refractivity contribution in [1.29, 1.82) is 0 Å². The van der Waals surface area contributed by atoms with Gasteiger partial charge in [-0.1, -0.05) is 0 Å². The molecule has 2 N–H and O–H groups in total. The van der Waals surface area contributed by atoms with E-state index in [9.17, 15) is 4.79 Å². The van der Waals surface area contributed by atoms with E-state index in [0.717, 1.165) is 37.8 Å². The molecule has 1 fully saturated rings. The highest BCUT2D eigenvalue weighted by molar-refractivity contribution is 5.79. The van der Waals surface area contributed by atoms with Crippen LogP contribution in [0.5, 0.6) is 0 Å². The maximum Gasteiger partial charge on any atom is 0.410 e. The second-order valence-electron chi connectivity index (χ2n) is 7.61. The van der Waals surface area contributed by atoms with Crippen LogP contribution in [0.4, 0.5) is 4.79 Å². The lowest BCUT2D eigenvalue weighted by molar-refractivity contribution is 0.0147. The smallest absolute Gasteiger partial charge is 0.410 e. The molecule has 0 atom stereocenters. The Kier molecular flexibility index (Phi) is 7.46. The average Bonchev–Trinajstić information content (AvgIpc) is 3.02. The molecule has 2 rings (SSSR count). The maximum atomic E-state index is 12.1. The highest BCUT2D eigenvalue weighted by Gasteiger charge is 2.25. The van der Waals surface area contributed by atoms with Crippen molar-refractivity contribution in [1.82, 2.24) is 30.2 Å². The zero-order valence-corrected chi connectivity index (χ0v) is 17.2. The van der Waals surface area contributed by atoms with Gasteiger partial charge in [0.05, 0.1) is 12.2 Å². The fraction of sp³-hybridized carbons (Fsp3) is 0.722. The van der Waals surface area contributed by atoms with Gasteiger partial charge < -0.3 is 20.3 Å². The van der Waals surface area contributed by atoms with Gasteiger partial charge in [-0.05, 0) is 26.8 Å². The molecule has 0 bridgehead atoms. The molecule has 0 aliphatic carbocycles. The van der Waals surface area contributed by atoms with E-state index < -0.39 is 5.60 Å². The van der Waals surface area contributed by atoms with E-state index in [1.165, 1.54) is 0 Å². The van der Waals surface area contributed by atoms with Gasteiger partial charge in [-0.25, -0.2) is 4.79 Å². The molecule has 1 aliphatic heterocycles. The number of ether oxygens (including phenoxy) is 1. The maximum absolute atomic E-state index is 12.1. The first-order chi connectivity index (χ1) is 12.8. The minimum atomic E-state index is -0.448. The Hall–Kier alpha value is -2.29. The molecule has 0 aromatic carbocycles. The van der Waals surface area contributed by atoms with E-state index in [0.29, 0.717) is 19.6 Å². The van der Waals surface area contributed by atoms with Crippen LogP contribution < -0.4 is 10.6 Å². The Bertz CT molecular complexity index is 628. The Morgan fingerprint density at radius 3 is 2.52 bits per heavy atom. The SMILES string of the molecule is CN=C(NCCN1CCN(C(=O)OC(C)(C)C)CC1)NCc1ccnn1C. The van der Waals surface area contributed by atoms with Gasteiger partial charge in [-0.3, -0.25) is 14.6 Å². The van der Waals surface area contributed by atoms with Gasteiger partial charge in [0.15, 0.2) is 5.96 Å². The van der Waals surface area contributed by atoms with Crippen LogP contribution in [0.2, 0.25) is 0 Å². The summed E-state index contributed by atoms with van der Waals surface area (Å²) in [6, 6.07) is 1.98. The van der Waals surface area contributed by atoms with E-state index in [1.54, 1.807) is 18.1 Å². The van der Waals surface area contributed by atoms with Crippen LogP contribution in [-0.4, -0.2) is 83.6 Å². The lowest BCUT2D eigenvalue weighted by Gasteiger charge is -2.35. The number of nitrogens with zero attached hydrogens (tertiary/aromatic N) is 5. The van der Waals surface area contributed by atoms with Crippen molar-refractivity contribution in [3.8, 4) is 0 Å². The number of piperazine rings is 1. The molecule has 0 saturated carbocycles. The summed E-state index contributed by atoms with van der Waals surface area (Å²) in [5.41, 5.74) is 0.646. The minimum Gasteiger partial charge on any atom is -0.444 e. The number of guanidine groups is 1. The Balaban J connectivity index is 1.64. The fourth-order valence-electron chi connectivity index (χ4n) is 2.78. The standard InChI is InChI=1S/C18H33N7O2/c1-18(2,3)27-17(26)25-12-10-24(11-13-25)9-8-20-16(19-4)21-14-15-6-7-22-23(15)5/h6-7H,8-14H2,1-5H3,(H2,19,20,21). The number of aliphatic imine (C=N–C) groups is 1. The molecular weight excluding hydrogens is 346 g/mol. The molecule has 1 amide bonds. The fourth-order valence-corrected chi connectivity index (χ4v) is 2.78. The topological polar surface area (TPSA) is 87.0 Å². The number of carbonyl (C=O) groups is 1. The van der Waals surface area contributed by atoms with Crippen molar-refractivity contribution in [3.05, 3.63) is 18.0 Å². The van der Waals surface area contributed by atoms with Gasteiger partial charge in [0.1, 0.15) is 5.60 Å². The van der Waals surface area contributed by atoms with E-state index in [1.807, 2.05) is 38.6 Å². The van der Waals surface area contributed by atoms with Gasteiger partial charge in [0.25, 0.3) is 0 Å². The lowest BCUT2D eigenvalue weighted by Crippen LogP contribution is -2.51. The van der Waals surface area contributed by atoms with Crippen LogP contribution >= 0.6 is 0 Å². The largest absolute Gasteiger partial charge is 0.444 e. The van der Waals surface area contributed by atoms with Gasteiger partial charge in [-0.15, -0.1) is 0 Å². The summed E-state index contributed by atoms with van der Waals surface area (Å²) in [5.74, 6) is 0.767. The predicted molar refractivity (Wildman–Crippen MR) is 106 cm³/mol. The predicted octanol–water partition coefficient (Wildman–Crippen LogP) is 0.638. The second kappa shape index (κ2) is 9.59. The zero-order chi connectivity index (χ0) is 19.9. The van der Waals surface area contributed by atoms with Crippen molar-refractivity contribution >= 4 is 12.1 Å². The summed E-state index contributed by atoms with van der Waals surface area (Å²) in [5, 5.41) is 10.8. The third-order valence-electron chi connectivity index (χ3n) is 4.33. The first-order valence-corrected chi connectivity index (χ1v) is 9.40. The molecular formula is C18H33N7O2. The van der Waals surface area contributed by atoms with Gasteiger partial charge in [-0.2, -0.15) is 5.10 Å². The van der Waals surface area contributed by atoms with Gasteiger partial charge in [0, 0.05) is 59.6 Å². The van der Waals surface area contributed by atoms with Crippen molar-refractivity contribution in [2.24, 2.45) is 12.0 Å². The Morgan fingerprint density at radius 1 is 1.26 bits per heavy atom. The summed E-state index contributed by atoms with van der Waals surface area (Å²) in [6.07, 6.45) is 1.56. The molecule has 152 valence electrons. The summed E-state index contributed by atoms with van der Waals surface area (Å²) in [4.78, 5) is 20.5. The van der Waals surface area contributed by atoms with Gasteiger partial charge in [0.2, 0.25) is 0 Å². The summed E-state index contributed by atoms with van der Waals surface area (Å²) < 4.78 is 7.27. The van der Waals surface area contributed by atoms with Crippen LogP contribution in [0.25, 0.3) is 0 Å².